The Morgan fingerprint density at radius 2 is 0.786 bits per heavy atom. The molecule has 0 aliphatic carbocycles. The van der Waals surface area contributed by atoms with Crippen molar-refractivity contribution in [3.8, 4) is 45.3 Å². The van der Waals surface area contributed by atoms with Crippen molar-refractivity contribution in [2.45, 2.75) is 0 Å². The number of rotatable bonds is 4. The van der Waals surface area contributed by atoms with Crippen LogP contribution in [0, 0.1) is 0 Å². The van der Waals surface area contributed by atoms with Gasteiger partial charge in [0, 0.05) is 32.7 Å². The molecule has 9 aromatic carbocycles. The lowest BCUT2D eigenvalue weighted by molar-refractivity contribution is 0.668. The Hall–Kier alpha value is -7.63. The van der Waals surface area contributed by atoms with Gasteiger partial charge in [-0.05, 0) is 85.9 Å². The summed E-state index contributed by atoms with van der Waals surface area (Å²) in [6, 6.07) is 61.2. The SMILES string of the molecule is c1ccc(-c2nc(-c3ccc4c(c3)oc3ccccc34)nc(-c3cccc4c3oc3ccc(-c5ccc6c7ccccc7c7ccccc7c6c5)cc34)n2)cc1. The van der Waals surface area contributed by atoms with Crippen LogP contribution in [-0.2, 0) is 0 Å². The molecule has 0 atom stereocenters. The van der Waals surface area contributed by atoms with Crippen molar-refractivity contribution in [2.24, 2.45) is 0 Å². The summed E-state index contributed by atoms with van der Waals surface area (Å²) in [6.07, 6.45) is 0. The van der Waals surface area contributed by atoms with Gasteiger partial charge in [-0.15, -0.1) is 0 Å². The third-order valence-electron chi connectivity index (χ3n) is 11.1. The molecule has 0 radical (unpaired) electrons. The molecule has 0 N–H and O–H groups in total. The second kappa shape index (κ2) is 11.9. The molecule has 0 aliphatic heterocycles. The number of nitrogens with zero attached hydrogens (tertiary/aromatic N) is 3. The molecule has 5 nitrogen and oxygen atoms in total. The van der Waals surface area contributed by atoms with Crippen molar-refractivity contribution in [1.29, 1.82) is 0 Å². The van der Waals surface area contributed by atoms with Crippen LogP contribution in [0.2, 0.25) is 0 Å². The fraction of sp³-hybridized carbons (Fsp3) is 0. The molecule has 3 aromatic heterocycles. The standard InChI is InChI=1S/C51H29N3O2/c1-2-11-30(12-3-1)49-52-50(33-22-25-40-39-17-8-9-20-45(39)55-47(40)29-33)54-51(53-49)42-19-10-18-41-44-28-32(23-26-46(44)56-48(41)42)31-21-24-38-36-15-5-4-13-34(36)35-14-6-7-16-37(35)43(38)27-31/h1-29H. The van der Waals surface area contributed by atoms with Crippen LogP contribution >= 0.6 is 0 Å². The zero-order chi connectivity index (χ0) is 36.7. The van der Waals surface area contributed by atoms with Crippen molar-refractivity contribution in [3.05, 3.63) is 176 Å². The van der Waals surface area contributed by atoms with E-state index < -0.39 is 0 Å². The molecule has 5 heteroatoms. The monoisotopic (exact) mass is 715 g/mol. The third-order valence-corrected chi connectivity index (χ3v) is 11.1. The summed E-state index contributed by atoms with van der Waals surface area (Å²) in [5.74, 6) is 1.68. The summed E-state index contributed by atoms with van der Waals surface area (Å²) in [6.45, 7) is 0. The molecule has 0 amide bonds. The zero-order valence-electron chi connectivity index (χ0n) is 29.9. The van der Waals surface area contributed by atoms with Gasteiger partial charge in [0.05, 0.1) is 5.56 Å². The van der Waals surface area contributed by atoms with Crippen LogP contribution < -0.4 is 0 Å². The zero-order valence-corrected chi connectivity index (χ0v) is 29.9. The first-order chi connectivity index (χ1) is 27.7. The molecule has 12 rings (SSSR count). The number of hydrogen-bond acceptors (Lipinski definition) is 5. The van der Waals surface area contributed by atoms with Crippen LogP contribution in [0.3, 0.4) is 0 Å². The fourth-order valence-electron chi connectivity index (χ4n) is 8.45. The Balaban J connectivity index is 1.02. The first-order valence-corrected chi connectivity index (χ1v) is 18.8. The molecule has 0 bridgehead atoms. The van der Waals surface area contributed by atoms with Crippen LogP contribution in [0.5, 0.6) is 0 Å². The van der Waals surface area contributed by atoms with Gasteiger partial charge in [-0.3, -0.25) is 0 Å². The largest absolute Gasteiger partial charge is 0.456 e. The molecule has 0 saturated carbocycles. The van der Waals surface area contributed by atoms with Crippen molar-refractivity contribution < 1.29 is 8.83 Å². The maximum atomic E-state index is 6.67. The number of furan rings is 2. The molecule has 0 saturated heterocycles. The molecular weight excluding hydrogens is 687 g/mol. The van der Waals surface area contributed by atoms with Crippen LogP contribution in [0.1, 0.15) is 0 Å². The number of hydrogen-bond donors (Lipinski definition) is 0. The molecule has 260 valence electrons. The van der Waals surface area contributed by atoms with Gasteiger partial charge in [-0.1, -0.05) is 133 Å². The smallest absolute Gasteiger partial charge is 0.167 e. The summed E-state index contributed by atoms with van der Waals surface area (Å²) < 4.78 is 12.9. The highest BCUT2D eigenvalue weighted by Crippen LogP contribution is 2.41. The van der Waals surface area contributed by atoms with Crippen LogP contribution in [-0.4, -0.2) is 15.0 Å². The van der Waals surface area contributed by atoms with Crippen molar-refractivity contribution in [1.82, 2.24) is 15.0 Å². The molecule has 3 heterocycles. The normalized spacial score (nSPS) is 11.9. The lowest BCUT2D eigenvalue weighted by atomic mass is 9.92. The van der Waals surface area contributed by atoms with E-state index in [-0.39, 0.29) is 0 Å². The minimum Gasteiger partial charge on any atom is -0.456 e. The molecule has 0 spiro atoms. The first-order valence-electron chi connectivity index (χ1n) is 18.8. The van der Waals surface area contributed by atoms with E-state index >= 15 is 0 Å². The van der Waals surface area contributed by atoms with E-state index in [1.807, 2.05) is 60.7 Å². The minimum atomic E-state index is 0.539. The van der Waals surface area contributed by atoms with E-state index in [1.54, 1.807) is 0 Å². The van der Waals surface area contributed by atoms with E-state index in [4.69, 9.17) is 23.8 Å². The highest BCUT2D eigenvalue weighted by Gasteiger charge is 2.19. The number of aromatic nitrogens is 3. The van der Waals surface area contributed by atoms with E-state index in [9.17, 15) is 0 Å². The number of benzene rings is 9. The first kappa shape index (κ1) is 30.8. The van der Waals surface area contributed by atoms with Crippen molar-refractivity contribution in [3.63, 3.8) is 0 Å². The lowest BCUT2D eigenvalue weighted by Crippen LogP contribution is -2.00. The van der Waals surface area contributed by atoms with Crippen LogP contribution in [0.25, 0.3) is 121 Å². The summed E-state index contributed by atoms with van der Waals surface area (Å²) in [5.41, 5.74) is 8.00. The van der Waals surface area contributed by atoms with Gasteiger partial charge in [0.2, 0.25) is 0 Å². The molecular formula is C51H29N3O2. The Morgan fingerprint density at radius 1 is 0.268 bits per heavy atom. The van der Waals surface area contributed by atoms with Crippen LogP contribution in [0.15, 0.2) is 185 Å². The van der Waals surface area contributed by atoms with Gasteiger partial charge < -0.3 is 8.83 Å². The van der Waals surface area contributed by atoms with Gasteiger partial charge in [-0.2, -0.15) is 0 Å². The van der Waals surface area contributed by atoms with E-state index in [1.165, 1.54) is 32.3 Å². The predicted molar refractivity (Wildman–Crippen MR) is 229 cm³/mol. The Labute approximate surface area is 320 Å². The van der Waals surface area contributed by atoms with E-state index in [0.29, 0.717) is 17.5 Å². The second-order valence-corrected chi connectivity index (χ2v) is 14.3. The van der Waals surface area contributed by atoms with Crippen molar-refractivity contribution in [2.75, 3.05) is 0 Å². The summed E-state index contributed by atoms with van der Waals surface area (Å²) >= 11 is 0. The Bertz CT molecular complexity index is 3510. The fourth-order valence-corrected chi connectivity index (χ4v) is 8.45. The highest BCUT2D eigenvalue weighted by atomic mass is 16.3. The van der Waals surface area contributed by atoms with Gasteiger partial charge in [0.15, 0.2) is 17.5 Å². The molecule has 0 unspecified atom stereocenters. The minimum absolute atomic E-state index is 0.539. The maximum absolute atomic E-state index is 6.67. The summed E-state index contributed by atoms with van der Waals surface area (Å²) in [7, 11) is 0. The van der Waals surface area contributed by atoms with Crippen molar-refractivity contribution >= 4 is 76.2 Å². The van der Waals surface area contributed by atoms with Gasteiger partial charge >= 0.3 is 0 Å². The predicted octanol–water partition coefficient (Wildman–Crippen LogP) is 13.8. The molecule has 0 aliphatic rings. The highest BCUT2D eigenvalue weighted by molar-refractivity contribution is 6.26. The third kappa shape index (κ3) is 4.71. The number of fused-ring (bicyclic) bond motifs is 12. The van der Waals surface area contributed by atoms with E-state index in [0.717, 1.165) is 71.7 Å². The average Bonchev–Trinajstić information content (AvgIpc) is 3.84. The van der Waals surface area contributed by atoms with Gasteiger partial charge in [0.1, 0.15) is 22.3 Å². The summed E-state index contributed by atoms with van der Waals surface area (Å²) in [4.78, 5) is 15.1. The number of para-hydroxylation sites is 2. The molecule has 0 fully saturated rings. The molecule has 12 aromatic rings. The second-order valence-electron chi connectivity index (χ2n) is 14.3. The van der Waals surface area contributed by atoms with Crippen LogP contribution in [0.4, 0.5) is 0 Å². The Kier molecular flexibility index (Phi) is 6.56. The summed E-state index contributed by atoms with van der Waals surface area (Å²) in [5, 5.41) is 11.7. The average molecular weight is 716 g/mol. The van der Waals surface area contributed by atoms with E-state index in [2.05, 4.69) is 115 Å². The lowest BCUT2D eigenvalue weighted by Gasteiger charge is -2.12. The maximum Gasteiger partial charge on any atom is 0.167 e. The quantitative estimate of drug-likeness (QED) is 0.170. The molecule has 56 heavy (non-hydrogen) atoms. The van der Waals surface area contributed by atoms with Gasteiger partial charge in [-0.25, -0.2) is 15.0 Å². The Morgan fingerprint density at radius 3 is 1.55 bits per heavy atom. The topological polar surface area (TPSA) is 65.0 Å². The van der Waals surface area contributed by atoms with Gasteiger partial charge in [0.25, 0.3) is 0 Å².